The highest BCUT2D eigenvalue weighted by Crippen LogP contribution is 1.92. The normalized spacial score (nSPS) is 13.9. The third-order valence-corrected chi connectivity index (χ3v) is 1.91. The van der Waals surface area contributed by atoms with Gasteiger partial charge in [-0.25, -0.2) is 0 Å². The van der Waals surface area contributed by atoms with Crippen LogP contribution >= 0.6 is 0 Å². The summed E-state index contributed by atoms with van der Waals surface area (Å²) in [5.74, 6) is -1.27. The second kappa shape index (κ2) is 8.91. The topological polar surface area (TPSA) is 111 Å². The lowest BCUT2D eigenvalue weighted by Gasteiger charge is -2.16. The Balaban J connectivity index is 4.00. The fraction of sp³-hybridized carbons (Fsp3) is 0.800. The lowest BCUT2D eigenvalue weighted by Crippen LogP contribution is -2.44. The summed E-state index contributed by atoms with van der Waals surface area (Å²) in [4.78, 5) is 22.5. The minimum absolute atomic E-state index is 0.219. The van der Waals surface area contributed by atoms with E-state index in [1.807, 2.05) is 0 Å². The maximum atomic E-state index is 11.4. The molecule has 0 aromatic carbocycles. The van der Waals surface area contributed by atoms with Crippen LogP contribution in [0.15, 0.2) is 0 Å². The first-order valence-corrected chi connectivity index (χ1v) is 5.49. The molecule has 0 heterocycles. The molecule has 0 aromatic rings. The average molecular weight is 248 g/mol. The summed E-state index contributed by atoms with van der Waals surface area (Å²) in [5, 5.41) is 11.6. The molecule has 0 spiro atoms. The number of rotatable bonds is 8. The molecule has 2 atom stereocenters. The number of hydrogen-bond donors (Lipinski definition) is 3. The number of aliphatic hydroxyl groups excluding tert-OH is 1. The third-order valence-electron chi connectivity index (χ3n) is 1.91. The van der Waals surface area contributed by atoms with Crippen molar-refractivity contribution >= 4 is 11.9 Å². The summed E-state index contributed by atoms with van der Waals surface area (Å²) in [6.07, 6.45) is 0. The van der Waals surface area contributed by atoms with Gasteiger partial charge < -0.3 is 25.6 Å². The van der Waals surface area contributed by atoms with Crippen LogP contribution in [0.25, 0.3) is 0 Å². The van der Waals surface area contributed by atoms with Gasteiger partial charge in [-0.1, -0.05) is 6.92 Å². The Morgan fingerprint density at radius 1 is 1.29 bits per heavy atom. The predicted octanol–water partition coefficient (Wildman–Crippen LogP) is -1.61. The maximum absolute atomic E-state index is 11.4. The Hall–Kier alpha value is -1.18. The van der Waals surface area contributed by atoms with Crippen LogP contribution in [0.3, 0.4) is 0 Å². The number of ether oxygens (including phenoxy) is 2. The van der Waals surface area contributed by atoms with Crippen LogP contribution in [0.4, 0.5) is 0 Å². The van der Waals surface area contributed by atoms with Gasteiger partial charge in [-0.2, -0.15) is 0 Å². The highest BCUT2D eigenvalue weighted by Gasteiger charge is 2.21. The van der Waals surface area contributed by atoms with Crippen molar-refractivity contribution in [2.75, 3.05) is 26.4 Å². The Morgan fingerprint density at radius 3 is 2.41 bits per heavy atom. The zero-order valence-corrected chi connectivity index (χ0v) is 10.1. The average Bonchev–Trinajstić information content (AvgIpc) is 2.32. The fourth-order valence-corrected chi connectivity index (χ4v) is 1.06. The number of hydrogen-bond acceptors (Lipinski definition) is 7. The molecule has 0 bridgehead atoms. The van der Waals surface area contributed by atoms with Crippen LogP contribution in [0, 0.1) is 0 Å². The molecule has 4 N–H and O–H groups in total. The van der Waals surface area contributed by atoms with Crippen molar-refractivity contribution in [1.82, 2.24) is 5.32 Å². The van der Waals surface area contributed by atoms with Gasteiger partial charge in [-0.05, 0) is 13.5 Å². The van der Waals surface area contributed by atoms with Gasteiger partial charge in [0, 0.05) is 0 Å². The molecule has 17 heavy (non-hydrogen) atoms. The number of carbonyl (C=O) groups excluding carboxylic acids is 2. The monoisotopic (exact) mass is 248 g/mol. The van der Waals surface area contributed by atoms with Crippen LogP contribution in [-0.2, 0) is 19.1 Å². The molecular formula is C10H20N2O5. The number of nitrogens with one attached hydrogen (secondary N) is 1. The first kappa shape index (κ1) is 15.8. The molecule has 0 saturated carbocycles. The van der Waals surface area contributed by atoms with Gasteiger partial charge >= 0.3 is 11.9 Å². The summed E-state index contributed by atoms with van der Waals surface area (Å²) in [7, 11) is 0. The number of esters is 2. The molecule has 0 amide bonds. The summed E-state index contributed by atoms with van der Waals surface area (Å²) >= 11 is 0. The fourth-order valence-electron chi connectivity index (χ4n) is 1.06. The molecule has 0 aliphatic heterocycles. The molecule has 7 nitrogen and oxygen atoms in total. The Kier molecular flexibility index (Phi) is 8.29. The Labute approximate surface area is 100 Å². The molecule has 100 valence electrons. The molecule has 0 saturated heterocycles. The van der Waals surface area contributed by atoms with E-state index in [4.69, 9.17) is 15.6 Å². The molecule has 0 aliphatic carbocycles. The first-order valence-electron chi connectivity index (χ1n) is 5.49. The first-order chi connectivity index (χ1) is 8.06. The van der Waals surface area contributed by atoms with Crippen LogP contribution in [0.5, 0.6) is 0 Å². The summed E-state index contributed by atoms with van der Waals surface area (Å²) < 4.78 is 9.44. The van der Waals surface area contributed by atoms with Crippen LogP contribution in [0.2, 0.25) is 0 Å². The largest absolute Gasteiger partial charge is 0.465 e. The predicted molar refractivity (Wildman–Crippen MR) is 60.1 cm³/mol. The van der Waals surface area contributed by atoms with Crippen molar-refractivity contribution < 1.29 is 24.2 Å². The second-order valence-corrected chi connectivity index (χ2v) is 3.28. The van der Waals surface area contributed by atoms with E-state index in [-0.39, 0.29) is 19.8 Å². The van der Waals surface area contributed by atoms with E-state index in [1.54, 1.807) is 13.8 Å². The van der Waals surface area contributed by atoms with Crippen molar-refractivity contribution in [2.45, 2.75) is 25.9 Å². The van der Waals surface area contributed by atoms with Crippen molar-refractivity contribution in [2.24, 2.45) is 5.73 Å². The Bertz CT molecular complexity index is 247. The van der Waals surface area contributed by atoms with E-state index in [9.17, 15) is 9.59 Å². The number of carbonyl (C=O) groups is 2. The summed E-state index contributed by atoms with van der Waals surface area (Å²) in [6.45, 7) is 3.55. The zero-order valence-electron chi connectivity index (χ0n) is 10.1. The molecular weight excluding hydrogens is 228 g/mol. The van der Waals surface area contributed by atoms with Crippen LogP contribution in [0.1, 0.15) is 13.8 Å². The van der Waals surface area contributed by atoms with Crippen molar-refractivity contribution in [3.05, 3.63) is 0 Å². The molecule has 0 fully saturated rings. The quantitative estimate of drug-likeness (QED) is 0.443. The van der Waals surface area contributed by atoms with Crippen molar-refractivity contribution in [3.8, 4) is 0 Å². The van der Waals surface area contributed by atoms with Gasteiger partial charge in [0.2, 0.25) is 0 Å². The molecule has 0 rings (SSSR count). The van der Waals surface area contributed by atoms with Crippen LogP contribution < -0.4 is 11.1 Å². The smallest absolute Gasteiger partial charge is 0.326 e. The SMILES string of the molecule is CCN[C@@H](CO)C(=O)OCC(N)C(=O)OCC. The second-order valence-electron chi connectivity index (χ2n) is 3.28. The van der Waals surface area contributed by atoms with Gasteiger partial charge in [0.05, 0.1) is 13.2 Å². The number of nitrogens with two attached hydrogens (primary N) is 1. The van der Waals surface area contributed by atoms with Gasteiger partial charge in [0.25, 0.3) is 0 Å². The highest BCUT2D eigenvalue weighted by molar-refractivity contribution is 5.78. The highest BCUT2D eigenvalue weighted by atomic mass is 16.6. The standard InChI is InChI=1S/C10H20N2O5/c1-3-12-8(5-13)10(15)17-6-7(11)9(14)16-4-2/h7-8,12-13H,3-6,11H2,1-2H3/t7?,8-/m0/s1. The molecule has 0 aliphatic rings. The molecule has 1 unspecified atom stereocenters. The van der Waals surface area contributed by atoms with E-state index >= 15 is 0 Å². The van der Waals surface area contributed by atoms with Crippen molar-refractivity contribution in [1.29, 1.82) is 0 Å². The molecule has 0 radical (unpaired) electrons. The van der Waals surface area contributed by atoms with Gasteiger partial charge in [0.1, 0.15) is 18.7 Å². The lowest BCUT2D eigenvalue weighted by atomic mass is 10.3. The van der Waals surface area contributed by atoms with E-state index < -0.39 is 24.0 Å². The van der Waals surface area contributed by atoms with Gasteiger partial charge in [-0.15, -0.1) is 0 Å². The maximum Gasteiger partial charge on any atom is 0.326 e. The van der Waals surface area contributed by atoms with E-state index in [0.717, 1.165) is 0 Å². The summed E-state index contributed by atoms with van der Waals surface area (Å²) in [6, 6.07) is -1.80. The number of likely N-dealkylation sites (N-methyl/N-ethyl adjacent to an activating group) is 1. The van der Waals surface area contributed by atoms with Crippen LogP contribution in [-0.4, -0.2) is 55.5 Å². The molecule has 0 aromatic heterocycles. The minimum atomic E-state index is -1.00. The number of aliphatic hydroxyl groups is 1. The van der Waals surface area contributed by atoms with E-state index in [1.165, 1.54) is 0 Å². The third kappa shape index (κ3) is 6.20. The summed E-state index contributed by atoms with van der Waals surface area (Å²) in [5.41, 5.74) is 5.43. The zero-order chi connectivity index (χ0) is 13.3. The van der Waals surface area contributed by atoms with Gasteiger partial charge in [-0.3, -0.25) is 9.59 Å². The minimum Gasteiger partial charge on any atom is -0.465 e. The Morgan fingerprint density at radius 2 is 1.94 bits per heavy atom. The van der Waals surface area contributed by atoms with E-state index in [2.05, 4.69) is 10.1 Å². The molecule has 7 heteroatoms. The van der Waals surface area contributed by atoms with Crippen molar-refractivity contribution in [3.63, 3.8) is 0 Å². The van der Waals surface area contributed by atoms with Gasteiger partial charge in [0.15, 0.2) is 0 Å². The lowest BCUT2D eigenvalue weighted by molar-refractivity contribution is -0.152. The van der Waals surface area contributed by atoms with E-state index in [0.29, 0.717) is 6.54 Å².